The summed E-state index contributed by atoms with van der Waals surface area (Å²) in [5, 5.41) is -1.55. The van der Waals surface area contributed by atoms with Gasteiger partial charge < -0.3 is 0 Å². The van der Waals surface area contributed by atoms with Gasteiger partial charge in [0.15, 0.2) is 0 Å². The van der Waals surface area contributed by atoms with Gasteiger partial charge in [-0.25, -0.2) is 10.0 Å². The van der Waals surface area contributed by atoms with E-state index in [1.54, 1.807) is 0 Å². The van der Waals surface area contributed by atoms with E-state index in [0.717, 1.165) is 0 Å². The first-order valence-corrected chi connectivity index (χ1v) is 7.78. The first-order chi connectivity index (χ1) is 11.9. The fourth-order valence-corrected chi connectivity index (χ4v) is 4.67. The van der Waals surface area contributed by atoms with Crippen molar-refractivity contribution >= 4 is 0 Å². The summed E-state index contributed by atoms with van der Waals surface area (Å²) in [5.41, 5.74) is -15.4. The van der Waals surface area contributed by atoms with Gasteiger partial charge in [-0.3, -0.25) is 0 Å². The fraction of sp³-hybridized carbons (Fsp3) is 1.00. The van der Waals surface area contributed by atoms with Crippen molar-refractivity contribution in [1.82, 2.24) is 10.0 Å². The van der Waals surface area contributed by atoms with E-state index >= 15 is 0 Å². The van der Waals surface area contributed by atoms with E-state index in [9.17, 15) is 52.7 Å². The van der Waals surface area contributed by atoms with Crippen LogP contribution in [0.5, 0.6) is 0 Å². The first-order valence-electron chi connectivity index (χ1n) is 7.78. The van der Waals surface area contributed by atoms with Crippen LogP contribution in [0.1, 0.15) is 40.5 Å². The molecule has 2 aliphatic rings. The summed E-state index contributed by atoms with van der Waals surface area (Å²) in [6, 6.07) is 0. The number of alkyl halides is 12. The second-order valence-electron chi connectivity index (χ2n) is 8.31. The lowest BCUT2D eigenvalue weighted by Crippen LogP contribution is -2.72. The molecule has 0 unspecified atom stereocenters. The Morgan fingerprint density at radius 1 is 0.464 bits per heavy atom. The number of halogens is 12. The lowest BCUT2D eigenvalue weighted by molar-refractivity contribution is -0.388. The summed E-state index contributed by atoms with van der Waals surface area (Å²) in [6.07, 6.45) is -28.9. The highest BCUT2D eigenvalue weighted by atomic mass is 19.4. The SMILES string of the molecule is CC1(C)CC(C(F)(F)F)(C(F)(F)F)N2N1C(C(F)(F)F)(C(F)(F)F)CC2(C)C. The van der Waals surface area contributed by atoms with Crippen molar-refractivity contribution in [2.24, 2.45) is 0 Å². The maximum atomic E-state index is 13.7. The molecule has 2 aliphatic heterocycles. The molecule has 0 saturated carbocycles. The fourth-order valence-electron chi connectivity index (χ4n) is 4.67. The molecule has 0 radical (unpaired) electrons. The van der Waals surface area contributed by atoms with Crippen LogP contribution in [-0.4, -0.2) is 56.9 Å². The van der Waals surface area contributed by atoms with Crippen LogP contribution < -0.4 is 0 Å². The standard InChI is InChI=1S/C14H16F12N2/c1-7(2)5-9(11(15,16)17,12(18,19)20)28-8(3,4)6-10(27(7)28,13(21,22)23)14(24,25)26/h5-6H2,1-4H3. The van der Waals surface area contributed by atoms with Crippen LogP contribution in [0, 0.1) is 0 Å². The van der Waals surface area contributed by atoms with Gasteiger partial charge in [-0.05, 0) is 27.7 Å². The molecule has 0 atom stereocenters. The van der Waals surface area contributed by atoms with Crippen molar-refractivity contribution in [2.45, 2.75) is 87.4 Å². The lowest BCUT2D eigenvalue weighted by Gasteiger charge is -2.48. The molecular formula is C14H16F12N2. The first kappa shape index (κ1) is 23.4. The average Bonchev–Trinajstić information content (AvgIpc) is 2.77. The van der Waals surface area contributed by atoms with E-state index in [1.165, 1.54) is 0 Å². The summed E-state index contributed by atoms with van der Waals surface area (Å²) < 4.78 is 165. The highest BCUT2D eigenvalue weighted by Gasteiger charge is 2.91. The number of hydrogen-bond acceptors (Lipinski definition) is 2. The third-order valence-electron chi connectivity index (χ3n) is 5.32. The minimum atomic E-state index is -6.19. The Morgan fingerprint density at radius 3 is 0.786 bits per heavy atom. The Hall–Kier alpha value is -0.920. The maximum Gasteiger partial charge on any atom is 0.417 e. The van der Waals surface area contributed by atoms with Crippen LogP contribution >= 0.6 is 0 Å². The molecule has 14 heteroatoms. The Balaban J connectivity index is 2.99. The molecule has 28 heavy (non-hydrogen) atoms. The van der Waals surface area contributed by atoms with Crippen molar-refractivity contribution in [3.05, 3.63) is 0 Å². The van der Waals surface area contributed by atoms with Gasteiger partial charge in [-0.1, -0.05) is 0 Å². The molecule has 0 spiro atoms. The Morgan fingerprint density at radius 2 is 0.643 bits per heavy atom. The minimum Gasteiger partial charge on any atom is -0.211 e. The highest BCUT2D eigenvalue weighted by molar-refractivity contribution is 5.26. The Labute approximate surface area is 151 Å². The monoisotopic (exact) mass is 440 g/mol. The van der Waals surface area contributed by atoms with Gasteiger partial charge in [-0.15, -0.1) is 0 Å². The van der Waals surface area contributed by atoms with Gasteiger partial charge in [0.1, 0.15) is 0 Å². The third-order valence-corrected chi connectivity index (χ3v) is 5.32. The minimum absolute atomic E-state index is 0.507. The molecule has 0 aromatic rings. The van der Waals surface area contributed by atoms with Crippen molar-refractivity contribution in [2.75, 3.05) is 0 Å². The zero-order valence-corrected chi connectivity index (χ0v) is 14.8. The van der Waals surface area contributed by atoms with Crippen LogP contribution in [0.15, 0.2) is 0 Å². The quantitative estimate of drug-likeness (QED) is 0.453. The Kier molecular flexibility index (Phi) is 4.51. The zero-order chi connectivity index (χ0) is 22.6. The van der Waals surface area contributed by atoms with Gasteiger partial charge in [0, 0.05) is 23.9 Å². The van der Waals surface area contributed by atoms with Crippen LogP contribution in [0.3, 0.4) is 0 Å². The Bertz CT molecular complexity index is 553. The summed E-state index contributed by atoms with van der Waals surface area (Å²) >= 11 is 0. The van der Waals surface area contributed by atoms with Crippen molar-refractivity contribution in [3.63, 3.8) is 0 Å². The third kappa shape index (κ3) is 2.58. The molecule has 2 heterocycles. The van der Waals surface area contributed by atoms with E-state index in [2.05, 4.69) is 0 Å². The molecule has 0 bridgehead atoms. The van der Waals surface area contributed by atoms with Crippen LogP contribution in [0.4, 0.5) is 52.7 Å². The molecule has 2 nitrogen and oxygen atoms in total. The highest BCUT2D eigenvalue weighted by Crippen LogP contribution is 2.69. The summed E-state index contributed by atoms with van der Waals surface area (Å²) in [4.78, 5) is 0. The van der Waals surface area contributed by atoms with Gasteiger partial charge in [-0.2, -0.15) is 52.7 Å². The largest absolute Gasteiger partial charge is 0.417 e. The van der Waals surface area contributed by atoms with E-state index in [1.807, 2.05) is 0 Å². The number of nitrogens with zero attached hydrogens (tertiary/aromatic N) is 2. The predicted octanol–water partition coefficient (Wildman–Crippen LogP) is 5.60. The molecule has 2 fully saturated rings. The van der Waals surface area contributed by atoms with Gasteiger partial charge in [0.2, 0.25) is 11.1 Å². The average molecular weight is 440 g/mol. The van der Waals surface area contributed by atoms with E-state index in [0.29, 0.717) is 27.7 Å². The second-order valence-corrected chi connectivity index (χ2v) is 8.31. The van der Waals surface area contributed by atoms with Gasteiger partial charge in [0.25, 0.3) is 0 Å². The summed E-state index contributed by atoms with van der Waals surface area (Å²) in [6.45, 7) is 2.03. The number of hydrazine groups is 1. The molecule has 0 aromatic heterocycles. The molecule has 0 aromatic carbocycles. The van der Waals surface area contributed by atoms with Crippen LogP contribution in [0.2, 0.25) is 0 Å². The second kappa shape index (κ2) is 5.41. The molecule has 2 saturated heterocycles. The smallest absolute Gasteiger partial charge is 0.211 e. The molecule has 166 valence electrons. The molecule has 2 rings (SSSR count). The molecule has 0 N–H and O–H groups in total. The molecule has 0 amide bonds. The van der Waals surface area contributed by atoms with Crippen molar-refractivity contribution in [1.29, 1.82) is 0 Å². The van der Waals surface area contributed by atoms with E-state index < -0.39 is 69.7 Å². The molecule has 0 aliphatic carbocycles. The summed E-state index contributed by atoms with van der Waals surface area (Å²) in [7, 11) is 0. The number of hydrogen-bond donors (Lipinski definition) is 0. The van der Waals surface area contributed by atoms with Gasteiger partial charge in [0.05, 0.1) is 0 Å². The lowest BCUT2D eigenvalue weighted by atomic mass is 9.77. The summed E-state index contributed by atoms with van der Waals surface area (Å²) in [5.74, 6) is 0. The van der Waals surface area contributed by atoms with Crippen molar-refractivity contribution < 1.29 is 52.7 Å². The van der Waals surface area contributed by atoms with E-state index in [4.69, 9.17) is 0 Å². The number of fused-ring (bicyclic) bond motifs is 1. The van der Waals surface area contributed by atoms with Crippen LogP contribution in [0.25, 0.3) is 0 Å². The van der Waals surface area contributed by atoms with Crippen molar-refractivity contribution in [3.8, 4) is 0 Å². The number of rotatable bonds is 0. The van der Waals surface area contributed by atoms with E-state index in [-0.39, 0.29) is 0 Å². The topological polar surface area (TPSA) is 6.48 Å². The van der Waals surface area contributed by atoms with Crippen LogP contribution in [-0.2, 0) is 0 Å². The predicted molar refractivity (Wildman–Crippen MR) is 70.8 cm³/mol. The molecular weight excluding hydrogens is 424 g/mol. The normalized spacial score (nSPS) is 27.9. The zero-order valence-electron chi connectivity index (χ0n) is 14.8. The maximum absolute atomic E-state index is 13.7. The van der Waals surface area contributed by atoms with Gasteiger partial charge >= 0.3 is 24.7 Å².